The van der Waals surface area contributed by atoms with Gasteiger partial charge in [0.15, 0.2) is 10.8 Å². The highest BCUT2D eigenvalue weighted by Crippen LogP contribution is 2.48. The zero-order valence-corrected chi connectivity index (χ0v) is 43.0. The van der Waals surface area contributed by atoms with Crippen LogP contribution in [0.25, 0.3) is 32.2 Å². The Labute approximate surface area is 445 Å². The summed E-state index contributed by atoms with van der Waals surface area (Å²) in [6.45, 7) is 5.45. The van der Waals surface area contributed by atoms with Crippen molar-refractivity contribution in [2.45, 2.75) is 75.8 Å². The molecule has 77 heavy (non-hydrogen) atoms. The molecule has 7 aromatic rings. The van der Waals surface area contributed by atoms with Gasteiger partial charge in [-0.05, 0) is 116 Å². The van der Waals surface area contributed by atoms with Crippen LogP contribution in [0.2, 0.25) is 0 Å². The summed E-state index contributed by atoms with van der Waals surface area (Å²) in [6, 6.07) is 25.8. The van der Waals surface area contributed by atoms with E-state index in [2.05, 4.69) is 36.5 Å². The first-order valence-corrected chi connectivity index (χ1v) is 27.1. The number of anilines is 3. The molecule has 3 aromatic heterocycles. The monoisotopic (exact) mass is 1070 g/mol. The second kappa shape index (κ2) is 20.5. The number of alkyl halides is 3. The van der Waals surface area contributed by atoms with E-state index in [1.807, 2.05) is 65.2 Å². The van der Waals surface area contributed by atoms with Gasteiger partial charge in [0.1, 0.15) is 11.6 Å². The number of amides is 3. The van der Waals surface area contributed by atoms with Crippen LogP contribution in [0, 0.1) is 11.8 Å². The third-order valence-corrected chi connectivity index (χ3v) is 17.1. The van der Waals surface area contributed by atoms with Gasteiger partial charge in [0.05, 0.1) is 57.4 Å². The molecule has 6 heterocycles. The lowest BCUT2D eigenvalue weighted by molar-refractivity contribution is -0.137. The molecule has 2 aliphatic carbocycles. The number of imide groups is 1. The number of hydrogen-bond acceptors (Lipinski definition) is 13. The Kier molecular flexibility index (Phi) is 13.4. The van der Waals surface area contributed by atoms with Crippen molar-refractivity contribution in [3.63, 3.8) is 0 Å². The molecule has 3 unspecified atom stereocenters. The molecule has 3 aliphatic heterocycles. The number of hydrogen-bond donors (Lipinski definition) is 3. The number of aromatic nitrogens is 4. The number of nitrogens with one attached hydrogen (secondary N) is 2. The second-order valence-electron chi connectivity index (χ2n) is 20.8. The lowest BCUT2D eigenvalue weighted by Gasteiger charge is -2.36. The number of aromatic carboxylic acids is 1. The maximum absolute atomic E-state index is 14.9. The molecule has 4 aromatic carbocycles. The number of thiazole rings is 1. The molecule has 5 aliphatic rings. The highest BCUT2D eigenvalue weighted by molar-refractivity contribution is 7.22. The summed E-state index contributed by atoms with van der Waals surface area (Å²) in [5.41, 5.74) is 3.66. The van der Waals surface area contributed by atoms with Crippen LogP contribution in [0.4, 0.5) is 29.8 Å². The molecule has 5 atom stereocenters. The van der Waals surface area contributed by atoms with Crippen LogP contribution in [0.5, 0.6) is 5.75 Å². The zero-order valence-electron chi connectivity index (χ0n) is 42.2. The summed E-state index contributed by atoms with van der Waals surface area (Å²) in [4.78, 5) is 66.5. The molecular formula is C57H56F3N9O7S. The molecule has 20 heteroatoms. The van der Waals surface area contributed by atoms with Gasteiger partial charge in [-0.2, -0.15) is 18.3 Å². The molecule has 16 nitrogen and oxygen atoms in total. The molecule has 3 N–H and O–H groups in total. The number of carbonyl (C=O) groups excluding carboxylic acids is 3. The maximum atomic E-state index is 14.9. The maximum Gasteiger partial charge on any atom is 0.417 e. The minimum absolute atomic E-state index is 0.0735. The van der Waals surface area contributed by atoms with E-state index >= 15 is 0 Å². The Morgan fingerprint density at radius 2 is 1.61 bits per heavy atom. The van der Waals surface area contributed by atoms with Crippen molar-refractivity contribution in [1.82, 2.24) is 30.0 Å². The second-order valence-corrected chi connectivity index (χ2v) is 21.9. The number of carboxylic acids is 1. The Bertz CT molecular complexity index is 3420. The number of nitrogens with zero attached hydrogens (tertiary/aromatic N) is 7. The van der Waals surface area contributed by atoms with Crippen molar-refractivity contribution in [2.75, 3.05) is 61.0 Å². The molecule has 398 valence electrons. The smallest absolute Gasteiger partial charge is 0.417 e. The molecule has 2 saturated heterocycles. The number of piperidine rings is 1. The van der Waals surface area contributed by atoms with Gasteiger partial charge in [0, 0.05) is 75.8 Å². The highest BCUT2D eigenvalue weighted by Gasteiger charge is 2.44. The molecule has 2 saturated carbocycles. The normalized spacial score (nSPS) is 21.8. The van der Waals surface area contributed by atoms with E-state index < -0.39 is 29.3 Å². The van der Waals surface area contributed by atoms with Crippen LogP contribution < -0.4 is 25.2 Å². The van der Waals surface area contributed by atoms with Crippen molar-refractivity contribution in [2.24, 2.45) is 18.9 Å². The number of halogens is 3. The molecule has 0 bridgehead atoms. The Morgan fingerprint density at radius 3 is 2.38 bits per heavy atom. The first kappa shape index (κ1) is 50.4. The largest absolute Gasteiger partial charge is 0.490 e. The summed E-state index contributed by atoms with van der Waals surface area (Å²) < 4.78 is 60.3. The quantitative estimate of drug-likeness (QED) is 0.0931. The fourth-order valence-corrected chi connectivity index (χ4v) is 13.3. The Balaban J connectivity index is 0.644. The van der Waals surface area contributed by atoms with Crippen LogP contribution in [0.1, 0.15) is 87.7 Å². The fraction of sp³-hybridized carbons (Fsp3) is 0.386. The van der Waals surface area contributed by atoms with Crippen molar-refractivity contribution < 1.29 is 46.9 Å². The number of piperazine rings is 1. The average Bonchev–Trinajstić information content (AvgIpc) is 4.23. The van der Waals surface area contributed by atoms with Crippen LogP contribution in [0.3, 0.4) is 0 Å². The van der Waals surface area contributed by atoms with Crippen LogP contribution >= 0.6 is 11.3 Å². The lowest BCUT2D eigenvalue weighted by Crippen LogP contribution is -2.47. The predicted molar refractivity (Wildman–Crippen MR) is 284 cm³/mol. The van der Waals surface area contributed by atoms with Crippen molar-refractivity contribution in [1.29, 1.82) is 0 Å². The number of aryl methyl sites for hydroxylation is 1. The summed E-state index contributed by atoms with van der Waals surface area (Å²) in [5, 5.41) is 21.9. The van der Waals surface area contributed by atoms with E-state index in [9.17, 15) is 37.5 Å². The summed E-state index contributed by atoms with van der Waals surface area (Å²) in [7, 11) is 1.90. The zero-order chi connectivity index (χ0) is 53.1. The van der Waals surface area contributed by atoms with E-state index in [4.69, 9.17) is 14.6 Å². The van der Waals surface area contributed by atoms with Gasteiger partial charge < -0.3 is 24.4 Å². The Hall–Kier alpha value is -7.42. The Morgan fingerprint density at radius 1 is 0.844 bits per heavy atom. The van der Waals surface area contributed by atoms with E-state index in [1.165, 1.54) is 35.6 Å². The number of benzene rings is 4. The number of pyridine rings is 1. The third-order valence-electron chi connectivity index (χ3n) is 16.2. The van der Waals surface area contributed by atoms with Crippen LogP contribution in [-0.2, 0) is 40.5 Å². The minimum Gasteiger partial charge on any atom is -0.490 e. The fourth-order valence-electron chi connectivity index (χ4n) is 12.5. The van der Waals surface area contributed by atoms with Gasteiger partial charge in [-0.15, -0.1) is 0 Å². The number of fused-ring (bicyclic) bond motifs is 4. The topological polar surface area (TPSA) is 184 Å². The molecule has 0 radical (unpaired) electrons. The minimum atomic E-state index is -4.83. The number of rotatable bonds is 13. The van der Waals surface area contributed by atoms with E-state index in [-0.39, 0.29) is 59.2 Å². The van der Waals surface area contributed by atoms with Gasteiger partial charge in [0.25, 0.3) is 5.91 Å². The molecule has 0 spiro atoms. The molecule has 4 fully saturated rings. The van der Waals surface area contributed by atoms with Crippen LogP contribution in [0.15, 0.2) is 91.0 Å². The number of para-hydroxylation sites is 2. The van der Waals surface area contributed by atoms with Gasteiger partial charge in [-0.3, -0.25) is 34.6 Å². The summed E-state index contributed by atoms with van der Waals surface area (Å²) in [5.74, 6) is -1.80. The van der Waals surface area contributed by atoms with E-state index in [0.717, 1.165) is 89.6 Å². The van der Waals surface area contributed by atoms with Gasteiger partial charge in [0.2, 0.25) is 11.8 Å². The molecule has 3 amide bonds. The van der Waals surface area contributed by atoms with E-state index in [1.54, 1.807) is 6.07 Å². The van der Waals surface area contributed by atoms with Crippen LogP contribution in [-0.4, -0.2) is 112 Å². The number of ether oxygens (including phenoxy) is 2. The van der Waals surface area contributed by atoms with Gasteiger partial charge >= 0.3 is 12.1 Å². The highest BCUT2D eigenvalue weighted by atomic mass is 32.1. The first-order chi connectivity index (χ1) is 37.2. The van der Waals surface area contributed by atoms with Crippen molar-refractivity contribution in [3.8, 4) is 16.9 Å². The lowest BCUT2D eigenvalue weighted by atomic mass is 9.92. The van der Waals surface area contributed by atoms with Gasteiger partial charge in [-0.1, -0.05) is 53.8 Å². The summed E-state index contributed by atoms with van der Waals surface area (Å²) in [6.07, 6.45) is -0.557. The molecule has 12 rings (SSSR count). The summed E-state index contributed by atoms with van der Waals surface area (Å²) >= 11 is 1.37. The van der Waals surface area contributed by atoms with Crippen molar-refractivity contribution in [3.05, 3.63) is 125 Å². The standard InChI is InChI=1S/C57H56F3N9O7S/c1-66-52-41(50(65-66)42-15-17-49(70)63-54(42)72)8-5-10-46(52)68-22-20-67(21-23-68)24-25-75-36-26-33-28-37(29-34(33)27-36)76-35-12-13-38(44(30-35)57(58,59)60)39-14-16-48(62-51(39)55(73)74)69-19-18-32-6-4-7-40(43(32)31-69)53(71)64-56-61-45-9-2-3-11-47(45)77-56/h2-14,16,30,33-34,36-37,42H,15,17-29,31H2,1H3,(H,73,74)(H,61,64,71)(H,63,70,72)/t33-,34+,36?,37?,42?. The first-order valence-electron chi connectivity index (χ1n) is 26.2. The number of carboxylic acid groups (broad SMARTS) is 1. The molecular weight excluding hydrogens is 1010 g/mol. The van der Waals surface area contributed by atoms with Gasteiger partial charge in [-0.25, -0.2) is 14.8 Å². The number of carbonyl (C=O) groups is 4. The van der Waals surface area contributed by atoms with Crippen molar-refractivity contribution >= 4 is 72.8 Å². The predicted octanol–water partition coefficient (Wildman–Crippen LogP) is 9.07. The third kappa shape index (κ3) is 10.1. The van der Waals surface area contributed by atoms with E-state index in [0.29, 0.717) is 73.5 Å². The average molecular weight is 1070 g/mol. The SMILES string of the molecule is Cn1nc(C2CCC(=O)NC2=O)c2cccc(N3CCN(CCOC4C[C@@H]5CC(Oc6ccc(-c7ccc(N8CCc9cccc(C(=O)Nc%10nc%11ccccc%11s%10)c9C8)nc7C(=O)O)c(C(F)(F)F)c6)C[C@@H]5C4)CC3)c21.